The monoisotopic (exact) mass is 493 g/mol. The van der Waals surface area contributed by atoms with Crippen LogP contribution in [0.4, 0.5) is 4.79 Å². The predicted octanol–water partition coefficient (Wildman–Crippen LogP) is 2.00. The lowest BCUT2D eigenvalue weighted by Crippen LogP contribution is -2.55. The summed E-state index contributed by atoms with van der Waals surface area (Å²) in [6.45, 7) is 11.3. The van der Waals surface area contributed by atoms with Crippen molar-refractivity contribution in [3.63, 3.8) is 0 Å². The quantitative estimate of drug-likeness (QED) is 0.425. The zero-order valence-corrected chi connectivity index (χ0v) is 21.9. The predicted molar refractivity (Wildman–Crippen MR) is 130 cm³/mol. The molecule has 196 valence electrons. The van der Waals surface area contributed by atoms with Crippen molar-refractivity contribution in [3.8, 4) is 0 Å². The molecule has 0 aromatic heterocycles. The van der Waals surface area contributed by atoms with E-state index in [0.717, 1.165) is 11.1 Å². The van der Waals surface area contributed by atoms with E-state index in [4.69, 9.17) is 4.74 Å². The molecule has 0 bridgehead atoms. The summed E-state index contributed by atoms with van der Waals surface area (Å²) >= 11 is 0. The Hall–Kier alpha value is -3.14. The maximum atomic E-state index is 13.7. The Kier molecular flexibility index (Phi) is 11.2. The van der Waals surface area contributed by atoms with Crippen molar-refractivity contribution in [1.29, 1.82) is 0 Å². The Morgan fingerprint density at radius 3 is 2.23 bits per heavy atom. The van der Waals surface area contributed by atoms with Crippen LogP contribution in [0.25, 0.3) is 0 Å². The van der Waals surface area contributed by atoms with Gasteiger partial charge in [-0.25, -0.2) is 4.79 Å². The number of nitrogens with zero attached hydrogens (tertiary/aromatic N) is 1. The Morgan fingerprint density at radius 1 is 1.11 bits per heavy atom. The van der Waals surface area contributed by atoms with E-state index in [1.165, 1.54) is 12.0 Å². The third-order valence-electron chi connectivity index (χ3n) is 5.14. The van der Waals surface area contributed by atoms with E-state index >= 15 is 0 Å². The van der Waals surface area contributed by atoms with Crippen LogP contribution in [0, 0.1) is 19.8 Å². The first-order valence-electron chi connectivity index (χ1n) is 11.5. The summed E-state index contributed by atoms with van der Waals surface area (Å²) in [4.78, 5) is 52.4. The minimum absolute atomic E-state index is 0.179. The van der Waals surface area contributed by atoms with Crippen LogP contribution in [0.2, 0.25) is 0 Å². The highest BCUT2D eigenvalue weighted by Gasteiger charge is 2.38. The first-order valence-corrected chi connectivity index (χ1v) is 11.5. The number of nitrogens with one attached hydrogen (secondary N) is 2. The number of aryl methyl sites for hydroxylation is 2. The first kappa shape index (κ1) is 29.9. The van der Waals surface area contributed by atoms with Gasteiger partial charge in [0.1, 0.15) is 24.2 Å². The number of ether oxygens (including phenoxy) is 2. The van der Waals surface area contributed by atoms with Crippen molar-refractivity contribution in [2.24, 2.45) is 5.92 Å². The van der Waals surface area contributed by atoms with Gasteiger partial charge in [-0.15, -0.1) is 0 Å². The summed E-state index contributed by atoms with van der Waals surface area (Å²) in [5.41, 5.74) is 1.47. The van der Waals surface area contributed by atoms with Crippen LogP contribution in [0.3, 0.4) is 0 Å². The minimum atomic E-state index is -1.17. The number of aliphatic hydroxyl groups is 1. The standard InChI is InChI=1S/C25H39N3O7/c1-15(2)20(27-24(33)35-25(5,6)7)23(32)28(11-12-29)21(22(31)26-14-19(30)34-8)18-10-9-16(3)13-17(18)4/h9-10,13,15,20-21,29H,11-12,14H2,1-8H3,(H,26,31)(H,27,33). The van der Waals surface area contributed by atoms with Gasteiger partial charge in [0.15, 0.2) is 0 Å². The maximum absolute atomic E-state index is 13.7. The highest BCUT2D eigenvalue weighted by atomic mass is 16.6. The van der Waals surface area contributed by atoms with E-state index in [0.29, 0.717) is 5.56 Å². The third kappa shape index (κ3) is 9.20. The van der Waals surface area contributed by atoms with Gasteiger partial charge in [-0.05, 0) is 51.7 Å². The van der Waals surface area contributed by atoms with E-state index in [1.54, 1.807) is 40.7 Å². The fraction of sp³-hybridized carbons (Fsp3) is 0.600. The molecule has 35 heavy (non-hydrogen) atoms. The highest BCUT2D eigenvalue weighted by Crippen LogP contribution is 2.27. The molecule has 0 fully saturated rings. The number of esters is 1. The molecule has 1 aromatic rings. The van der Waals surface area contributed by atoms with Crippen LogP contribution < -0.4 is 10.6 Å². The zero-order valence-electron chi connectivity index (χ0n) is 21.9. The van der Waals surface area contributed by atoms with Crippen LogP contribution in [-0.4, -0.2) is 72.3 Å². The molecule has 2 atom stereocenters. The molecular formula is C25H39N3O7. The number of rotatable bonds is 10. The lowest BCUT2D eigenvalue weighted by Gasteiger charge is -2.35. The highest BCUT2D eigenvalue weighted by molar-refractivity contribution is 5.93. The second kappa shape index (κ2) is 13.1. The van der Waals surface area contributed by atoms with Crippen LogP contribution in [0.1, 0.15) is 57.4 Å². The number of carbonyl (C=O) groups is 4. The van der Waals surface area contributed by atoms with Crippen LogP contribution in [0.15, 0.2) is 18.2 Å². The maximum Gasteiger partial charge on any atom is 0.408 e. The third-order valence-corrected chi connectivity index (χ3v) is 5.14. The van der Waals surface area contributed by atoms with Gasteiger partial charge in [0.2, 0.25) is 11.8 Å². The minimum Gasteiger partial charge on any atom is -0.468 e. The average Bonchev–Trinajstić information content (AvgIpc) is 2.74. The van der Waals surface area contributed by atoms with Gasteiger partial charge >= 0.3 is 12.1 Å². The molecule has 0 aliphatic rings. The number of amides is 3. The summed E-state index contributed by atoms with van der Waals surface area (Å²) in [5.74, 6) is -2.19. The van der Waals surface area contributed by atoms with Crippen LogP contribution in [-0.2, 0) is 23.9 Å². The van der Waals surface area contributed by atoms with Gasteiger partial charge in [-0.1, -0.05) is 37.6 Å². The van der Waals surface area contributed by atoms with Gasteiger partial charge in [0, 0.05) is 6.54 Å². The van der Waals surface area contributed by atoms with Crippen molar-refractivity contribution in [1.82, 2.24) is 15.5 Å². The normalized spacial score (nSPS) is 13.0. The second-order valence-corrected chi connectivity index (χ2v) is 9.68. The fourth-order valence-electron chi connectivity index (χ4n) is 3.51. The molecule has 2 unspecified atom stereocenters. The van der Waals surface area contributed by atoms with Gasteiger partial charge in [-0.3, -0.25) is 14.4 Å². The summed E-state index contributed by atoms with van der Waals surface area (Å²) in [5, 5.41) is 14.9. The van der Waals surface area contributed by atoms with Crippen molar-refractivity contribution in [3.05, 3.63) is 34.9 Å². The number of hydrogen-bond donors (Lipinski definition) is 3. The SMILES string of the molecule is COC(=O)CNC(=O)C(c1ccc(C)cc1C)N(CCO)C(=O)C(NC(=O)OC(C)(C)C)C(C)C. The number of alkyl carbamates (subject to hydrolysis) is 1. The number of methoxy groups -OCH3 is 1. The van der Waals surface area contributed by atoms with Crippen LogP contribution >= 0.6 is 0 Å². The van der Waals surface area contributed by atoms with E-state index in [2.05, 4.69) is 15.4 Å². The molecule has 3 amide bonds. The lowest BCUT2D eigenvalue weighted by atomic mass is 9.95. The molecule has 1 rings (SSSR count). The molecule has 0 radical (unpaired) electrons. The number of benzene rings is 1. The van der Waals surface area contributed by atoms with E-state index in [-0.39, 0.29) is 19.0 Å². The van der Waals surface area contributed by atoms with Gasteiger partial charge in [-0.2, -0.15) is 0 Å². The molecule has 10 nitrogen and oxygen atoms in total. The first-order chi connectivity index (χ1) is 16.2. The van der Waals surface area contributed by atoms with Gasteiger partial charge < -0.3 is 30.1 Å². The Balaban J connectivity index is 3.46. The van der Waals surface area contributed by atoms with E-state index in [9.17, 15) is 24.3 Å². The Labute approximate surface area is 207 Å². The lowest BCUT2D eigenvalue weighted by molar-refractivity contribution is -0.145. The summed E-state index contributed by atoms with van der Waals surface area (Å²) in [6, 6.07) is 3.22. The van der Waals surface area contributed by atoms with Crippen molar-refractivity contribution in [2.45, 2.75) is 66.2 Å². The average molecular weight is 494 g/mol. The van der Waals surface area contributed by atoms with Crippen molar-refractivity contribution in [2.75, 3.05) is 26.8 Å². The second-order valence-electron chi connectivity index (χ2n) is 9.68. The molecular weight excluding hydrogens is 454 g/mol. The molecule has 0 heterocycles. The zero-order chi connectivity index (χ0) is 26.9. The molecule has 0 spiro atoms. The Morgan fingerprint density at radius 2 is 1.74 bits per heavy atom. The molecule has 0 aliphatic heterocycles. The molecule has 0 aliphatic carbocycles. The van der Waals surface area contributed by atoms with Crippen molar-refractivity contribution < 1.29 is 33.8 Å². The summed E-state index contributed by atoms with van der Waals surface area (Å²) in [6.07, 6.45) is -0.772. The Bertz CT molecular complexity index is 909. The number of carbonyl (C=O) groups excluding carboxylic acids is 4. The molecule has 0 saturated carbocycles. The summed E-state index contributed by atoms with van der Waals surface area (Å²) < 4.78 is 9.91. The number of aliphatic hydroxyl groups excluding tert-OH is 1. The van der Waals surface area contributed by atoms with Crippen molar-refractivity contribution >= 4 is 23.9 Å². The van der Waals surface area contributed by atoms with E-state index < -0.39 is 48.2 Å². The molecule has 3 N–H and O–H groups in total. The molecule has 1 aromatic carbocycles. The van der Waals surface area contributed by atoms with E-state index in [1.807, 2.05) is 26.0 Å². The topological polar surface area (TPSA) is 134 Å². The molecule has 10 heteroatoms. The fourth-order valence-corrected chi connectivity index (χ4v) is 3.51. The van der Waals surface area contributed by atoms with Gasteiger partial charge in [0.05, 0.1) is 13.7 Å². The summed E-state index contributed by atoms with van der Waals surface area (Å²) in [7, 11) is 1.20. The van der Waals surface area contributed by atoms with Gasteiger partial charge in [0.25, 0.3) is 0 Å². The largest absolute Gasteiger partial charge is 0.468 e. The number of hydrogen-bond acceptors (Lipinski definition) is 7. The molecule has 0 saturated heterocycles. The smallest absolute Gasteiger partial charge is 0.408 e. The van der Waals surface area contributed by atoms with Crippen LogP contribution in [0.5, 0.6) is 0 Å².